The average molecular weight is 346 g/mol. The van der Waals surface area contributed by atoms with Crippen molar-refractivity contribution in [2.45, 2.75) is 51.4 Å². The summed E-state index contributed by atoms with van der Waals surface area (Å²) in [5, 5.41) is 14.1. The van der Waals surface area contributed by atoms with Gasteiger partial charge < -0.3 is 15.7 Å². The minimum atomic E-state index is -0.852. The molecule has 1 aromatic carbocycles. The predicted octanol–water partition coefficient (Wildman–Crippen LogP) is 2.73. The molecule has 0 bridgehead atoms. The Bertz CT molecular complexity index is 609. The first-order valence-corrected chi connectivity index (χ1v) is 8.90. The van der Waals surface area contributed by atoms with Crippen LogP contribution in [-0.4, -0.2) is 29.4 Å². The zero-order valence-electron chi connectivity index (χ0n) is 14.4. The molecule has 6 heteroatoms. The van der Waals surface area contributed by atoms with Crippen LogP contribution in [0.4, 0.5) is 5.69 Å². The van der Waals surface area contributed by atoms with E-state index in [4.69, 9.17) is 5.11 Å². The molecular weight excluding hydrogens is 320 g/mol. The van der Waals surface area contributed by atoms with Gasteiger partial charge in [0, 0.05) is 18.5 Å². The SMILES string of the molecule is O=C(O)CCc1cccc(NC(=O)CNC(=O)CCC2CCCC2)c1. The molecule has 2 amide bonds. The third-order valence-electron chi connectivity index (χ3n) is 4.54. The first kappa shape index (κ1) is 19.0. The normalized spacial score (nSPS) is 14.2. The fraction of sp³-hybridized carbons (Fsp3) is 0.526. The van der Waals surface area contributed by atoms with Crippen LogP contribution < -0.4 is 10.6 Å². The van der Waals surface area contributed by atoms with E-state index in [0.29, 0.717) is 24.4 Å². The second-order valence-corrected chi connectivity index (χ2v) is 6.61. The van der Waals surface area contributed by atoms with Crippen LogP contribution in [0.5, 0.6) is 0 Å². The van der Waals surface area contributed by atoms with E-state index in [1.54, 1.807) is 18.2 Å². The largest absolute Gasteiger partial charge is 0.481 e. The molecule has 0 aromatic heterocycles. The minimum Gasteiger partial charge on any atom is -0.481 e. The quantitative estimate of drug-likeness (QED) is 0.640. The van der Waals surface area contributed by atoms with Gasteiger partial charge in [0.15, 0.2) is 0 Å². The van der Waals surface area contributed by atoms with Gasteiger partial charge in [-0.25, -0.2) is 0 Å². The number of anilines is 1. The van der Waals surface area contributed by atoms with Crippen molar-refractivity contribution in [3.63, 3.8) is 0 Å². The molecule has 1 saturated carbocycles. The van der Waals surface area contributed by atoms with Crippen molar-refractivity contribution in [1.29, 1.82) is 0 Å². The zero-order valence-corrected chi connectivity index (χ0v) is 14.4. The predicted molar refractivity (Wildman–Crippen MR) is 95.2 cm³/mol. The number of hydrogen-bond acceptors (Lipinski definition) is 3. The number of carboxylic acid groups (broad SMARTS) is 1. The Morgan fingerprint density at radius 2 is 1.84 bits per heavy atom. The van der Waals surface area contributed by atoms with Crippen LogP contribution in [0.2, 0.25) is 0 Å². The molecule has 0 aliphatic heterocycles. The molecule has 136 valence electrons. The number of amides is 2. The highest BCUT2D eigenvalue weighted by atomic mass is 16.4. The lowest BCUT2D eigenvalue weighted by molar-refractivity contribution is -0.137. The molecule has 6 nitrogen and oxygen atoms in total. The Labute approximate surface area is 148 Å². The van der Waals surface area contributed by atoms with Gasteiger partial charge in [-0.3, -0.25) is 14.4 Å². The summed E-state index contributed by atoms with van der Waals surface area (Å²) in [5.41, 5.74) is 1.45. The van der Waals surface area contributed by atoms with Crippen molar-refractivity contribution >= 4 is 23.5 Å². The summed E-state index contributed by atoms with van der Waals surface area (Å²) < 4.78 is 0. The van der Waals surface area contributed by atoms with Crippen LogP contribution in [0.3, 0.4) is 0 Å². The van der Waals surface area contributed by atoms with Gasteiger partial charge in [0.05, 0.1) is 6.54 Å². The Morgan fingerprint density at radius 1 is 1.08 bits per heavy atom. The van der Waals surface area contributed by atoms with Gasteiger partial charge in [0.1, 0.15) is 0 Å². The lowest BCUT2D eigenvalue weighted by atomic mass is 10.0. The third kappa shape index (κ3) is 7.37. The number of rotatable bonds is 9. The standard InChI is InChI=1S/C19H26N2O4/c22-17(10-8-14-4-1-2-5-14)20-13-18(23)21-16-7-3-6-15(12-16)9-11-19(24)25/h3,6-7,12,14H,1-2,4-5,8-11,13H2,(H,20,22)(H,21,23)(H,24,25). The van der Waals surface area contributed by atoms with E-state index in [9.17, 15) is 14.4 Å². The molecule has 0 spiro atoms. The van der Waals surface area contributed by atoms with Crippen molar-refractivity contribution in [3.05, 3.63) is 29.8 Å². The molecule has 0 saturated heterocycles. The topological polar surface area (TPSA) is 95.5 Å². The van der Waals surface area contributed by atoms with E-state index in [2.05, 4.69) is 10.6 Å². The monoisotopic (exact) mass is 346 g/mol. The van der Waals surface area contributed by atoms with Gasteiger partial charge in [-0.05, 0) is 36.5 Å². The highest BCUT2D eigenvalue weighted by Crippen LogP contribution is 2.28. The molecule has 0 unspecified atom stereocenters. The number of carbonyl (C=O) groups excluding carboxylic acids is 2. The van der Waals surface area contributed by atoms with Crippen LogP contribution in [0.25, 0.3) is 0 Å². The van der Waals surface area contributed by atoms with E-state index in [0.717, 1.165) is 12.0 Å². The molecule has 1 aliphatic carbocycles. The van der Waals surface area contributed by atoms with Crippen LogP contribution in [0.15, 0.2) is 24.3 Å². The lowest BCUT2D eigenvalue weighted by Crippen LogP contribution is -2.32. The van der Waals surface area contributed by atoms with Crippen molar-refractivity contribution < 1.29 is 19.5 Å². The molecule has 3 N–H and O–H groups in total. The summed E-state index contributed by atoms with van der Waals surface area (Å²) in [6.07, 6.45) is 6.80. The molecule has 0 radical (unpaired) electrons. The maximum atomic E-state index is 11.9. The van der Waals surface area contributed by atoms with Crippen LogP contribution in [0.1, 0.15) is 50.5 Å². The number of aryl methyl sites for hydroxylation is 1. The molecule has 1 aliphatic rings. The second kappa shape index (κ2) is 9.81. The maximum absolute atomic E-state index is 11.9. The summed E-state index contributed by atoms with van der Waals surface area (Å²) >= 11 is 0. The first-order valence-electron chi connectivity index (χ1n) is 8.90. The molecule has 2 rings (SSSR count). The average Bonchev–Trinajstić information content (AvgIpc) is 3.10. The Kier molecular flexibility index (Phi) is 7.44. The summed E-state index contributed by atoms with van der Waals surface area (Å²) in [5.74, 6) is -0.565. The summed E-state index contributed by atoms with van der Waals surface area (Å²) in [6, 6.07) is 7.09. The smallest absolute Gasteiger partial charge is 0.303 e. The van der Waals surface area contributed by atoms with E-state index >= 15 is 0 Å². The second-order valence-electron chi connectivity index (χ2n) is 6.61. The van der Waals surface area contributed by atoms with Crippen molar-refractivity contribution in [2.75, 3.05) is 11.9 Å². The van der Waals surface area contributed by atoms with Crippen LogP contribution >= 0.6 is 0 Å². The fourth-order valence-electron chi connectivity index (χ4n) is 3.16. The Balaban J connectivity index is 1.69. The van der Waals surface area contributed by atoms with Gasteiger partial charge in [0.25, 0.3) is 0 Å². The van der Waals surface area contributed by atoms with E-state index in [-0.39, 0.29) is 24.8 Å². The first-order chi connectivity index (χ1) is 12.0. The minimum absolute atomic E-state index is 0.0501. The fourth-order valence-corrected chi connectivity index (χ4v) is 3.16. The lowest BCUT2D eigenvalue weighted by Gasteiger charge is -2.10. The summed E-state index contributed by atoms with van der Waals surface area (Å²) in [6.45, 7) is -0.0527. The highest BCUT2D eigenvalue weighted by molar-refractivity contribution is 5.94. The number of benzene rings is 1. The van der Waals surface area contributed by atoms with Gasteiger partial charge in [-0.15, -0.1) is 0 Å². The third-order valence-corrected chi connectivity index (χ3v) is 4.54. The van der Waals surface area contributed by atoms with Gasteiger partial charge >= 0.3 is 5.97 Å². The number of nitrogens with one attached hydrogen (secondary N) is 2. The molecular formula is C19H26N2O4. The van der Waals surface area contributed by atoms with Crippen molar-refractivity contribution in [1.82, 2.24) is 5.32 Å². The maximum Gasteiger partial charge on any atom is 0.303 e. The Hall–Kier alpha value is -2.37. The molecule has 0 heterocycles. The summed E-state index contributed by atoms with van der Waals surface area (Å²) in [4.78, 5) is 34.4. The molecule has 0 atom stereocenters. The Morgan fingerprint density at radius 3 is 2.56 bits per heavy atom. The molecule has 25 heavy (non-hydrogen) atoms. The summed E-state index contributed by atoms with van der Waals surface area (Å²) in [7, 11) is 0. The van der Waals surface area contributed by atoms with Crippen LogP contribution in [0, 0.1) is 5.92 Å². The van der Waals surface area contributed by atoms with E-state index in [1.807, 2.05) is 6.07 Å². The number of aliphatic carboxylic acids is 1. The van der Waals surface area contributed by atoms with Gasteiger partial charge in [0.2, 0.25) is 11.8 Å². The van der Waals surface area contributed by atoms with Crippen molar-refractivity contribution in [2.24, 2.45) is 5.92 Å². The molecule has 1 aromatic rings. The highest BCUT2D eigenvalue weighted by Gasteiger charge is 2.16. The van der Waals surface area contributed by atoms with Crippen LogP contribution in [-0.2, 0) is 20.8 Å². The van der Waals surface area contributed by atoms with E-state index < -0.39 is 5.97 Å². The zero-order chi connectivity index (χ0) is 18.1. The van der Waals surface area contributed by atoms with Crippen molar-refractivity contribution in [3.8, 4) is 0 Å². The number of carboxylic acids is 1. The van der Waals surface area contributed by atoms with E-state index in [1.165, 1.54) is 25.7 Å². The number of hydrogen-bond donors (Lipinski definition) is 3. The number of carbonyl (C=O) groups is 3. The van der Waals surface area contributed by atoms with Gasteiger partial charge in [-0.1, -0.05) is 37.8 Å². The molecule has 1 fully saturated rings. The van der Waals surface area contributed by atoms with Gasteiger partial charge in [-0.2, -0.15) is 0 Å².